The summed E-state index contributed by atoms with van der Waals surface area (Å²) in [5.41, 5.74) is 5.24. The summed E-state index contributed by atoms with van der Waals surface area (Å²) in [6.45, 7) is 4.09. The fourth-order valence-corrected chi connectivity index (χ4v) is 3.23. The lowest BCUT2D eigenvalue weighted by atomic mass is 9.67. The molecule has 2 aliphatic rings. The molecule has 0 unspecified atom stereocenters. The van der Waals surface area contributed by atoms with Gasteiger partial charge in [-0.15, -0.1) is 0 Å². The minimum Gasteiger partial charge on any atom is -0.395 e. The Bertz CT molecular complexity index is 358. The number of carbonyl (C=O) groups is 1. The van der Waals surface area contributed by atoms with Gasteiger partial charge in [-0.2, -0.15) is 0 Å². The van der Waals surface area contributed by atoms with Crippen LogP contribution in [0.2, 0.25) is 0 Å². The number of thiocarbonyl (C=S) groups is 1. The van der Waals surface area contributed by atoms with E-state index < -0.39 is 5.41 Å². The number of nitrogens with two attached hydrogens (primary N) is 1. The van der Waals surface area contributed by atoms with Crippen LogP contribution in [0.5, 0.6) is 0 Å². The third-order valence-electron chi connectivity index (χ3n) is 4.38. The molecule has 1 saturated carbocycles. The number of nitrogens with zero attached hydrogens (tertiary/aromatic N) is 2. The fourth-order valence-electron chi connectivity index (χ4n) is 2.94. The first-order chi connectivity index (χ1) is 9.10. The van der Waals surface area contributed by atoms with Gasteiger partial charge >= 0.3 is 0 Å². The zero-order valence-corrected chi connectivity index (χ0v) is 12.1. The van der Waals surface area contributed by atoms with Crippen LogP contribution in [0.1, 0.15) is 25.7 Å². The van der Waals surface area contributed by atoms with Crippen molar-refractivity contribution in [3.63, 3.8) is 0 Å². The lowest BCUT2D eigenvalue weighted by Gasteiger charge is -2.42. The Morgan fingerprint density at radius 1 is 1.21 bits per heavy atom. The standard InChI is InChI=1S/C13H23N3O2S/c14-11(19)13(3-1-4-13)12(18)16-6-2-5-15(7-8-16)9-10-17/h17H,1-10H2,(H2,14,19). The van der Waals surface area contributed by atoms with E-state index in [1.165, 1.54) is 0 Å². The van der Waals surface area contributed by atoms with Crippen molar-refractivity contribution in [1.29, 1.82) is 0 Å². The molecule has 19 heavy (non-hydrogen) atoms. The molecule has 2 rings (SSSR count). The first kappa shape index (κ1) is 14.7. The van der Waals surface area contributed by atoms with Gasteiger partial charge in [-0.3, -0.25) is 9.69 Å². The Kier molecular flexibility index (Phi) is 4.76. The zero-order valence-electron chi connectivity index (χ0n) is 11.3. The van der Waals surface area contributed by atoms with Crippen molar-refractivity contribution in [2.24, 2.45) is 11.1 Å². The van der Waals surface area contributed by atoms with E-state index in [4.69, 9.17) is 23.1 Å². The molecule has 0 aromatic rings. The fraction of sp³-hybridized carbons (Fsp3) is 0.846. The minimum absolute atomic E-state index is 0.122. The number of β-amino-alcohol motifs (C(OH)–C–C–N with tert-alkyl or cyclic N) is 1. The second kappa shape index (κ2) is 6.15. The van der Waals surface area contributed by atoms with Gasteiger partial charge in [0, 0.05) is 26.2 Å². The maximum Gasteiger partial charge on any atom is 0.235 e. The minimum atomic E-state index is -0.554. The summed E-state index contributed by atoms with van der Waals surface area (Å²) in [5, 5.41) is 8.98. The molecule has 0 spiro atoms. The summed E-state index contributed by atoms with van der Waals surface area (Å²) in [6.07, 6.45) is 3.59. The monoisotopic (exact) mass is 285 g/mol. The van der Waals surface area contributed by atoms with E-state index in [0.717, 1.165) is 45.3 Å². The van der Waals surface area contributed by atoms with Gasteiger partial charge in [0.25, 0.3) is 0 Å². The largest absolute Gasteiger partial charge is 0.395 e. The van der Waals surface area contributed by atoms with E-state index in [9.17, 15) is 4.79 Å². The quantitative estimate of drug-likeness (QED) is 0.710. The molecule has 0 radical (unpaired) electrons. The summed E-state index contributed by atoms with van der Waals surface area (Å²) in [6, 6.07) is 0. The van der Waals surface area contributed by atoms with E-state index in [1.54, 1.807) is 0 Å². The first-order valence-corrected chi connectivity index (χ1v) is 7.43. The molecule has 6 heteroatoms. The van der Waals surface area contributed by atoms with Crippen molar-refractivity contribution in [2.75, 3.05) is 39.3 Å². The van der Waals surface area contributed by atoms with Crippen LogP contribution in [0.3, 0.4) is 0 Å². The molecule has 0 bridgehead atoms. The van der Waals surface area contributed by atoms with Crippen LogP contribution >= 0.6 is 12.2 Å². The van der Waals surface area contributed by atoms with Gasteiger partial charge in [0.1, 0.15) is 0 Å². The Labute approximate surface area is 119 Å². The highest BCUT2D eigenvalue weighted by atomic mass is 32.1. The van der Waals surface area contributed by atoms with Gasteiger partial charge in [-0.05, 0) is 25.8 Å². The third-order valence-corrected chi connectivity index (χ3v) is 4.77. The summed E-state index contributed by atoms with van der Waals surface area (Å²) in [5.74, 6) is 0.122. The smallest absolute Gasteiger partial charge is 0.235 e. The van der Waals surface area contributed by atoms with Gasteiger partial charge in [0.05, 0.1) is 17.0 Å². The summed E-state index contributed by atoms with van der Waals surface area (Å²) >= 11 is 5.11. The Balaban J connectivity index is 1.98. The van der Waals surface area contributed by atoms with Crippen LogP contribution in [-0.2, 0) is 4.79 Å². The zero-order chi connectivity index (χ0) is 13.9. The highest BCUT2D eigenvalue weighted by molar-refractivity contribution is 7.80. The predicted octanol–water partition coefficient (Wildman–Crippen LogP) is -0.0306. The molecule has 5 nitrogen and oxygen atoms in total. The highest BCUT2D eigenvalue weighted by Crippen LogP contribution is 2.43. The van der Waals surface area contributed by atoms with E-state index >= 15 is 0 Å². The van der Waals surface area contributed by atoms with Crippen molar-refractivity contribution >= 4 is 23.1 Å². The Hall–Kier alpha value is -0.720. The number of hydrogen-bond acceptors (Lipinski definition) is 4. The maximum absolute atomic E-state index is 12.7. The molecule has 1 aliphatic carbocycles. The number of rotatable bonds is 4. The van der Waals surface area contributed by atoms with E-state index in [1.807, 2.05) is 4.90 Å². The molecule has 1 heterocycles. The second-order valence-electron chi connectivity index (χ2n) is 5.51. The summed E-state index contributed by atoms with van der Waals surface area (Å²) in [4.78, 5) is 17.1. The van der Waals surface area contributed by atoms with E-state index in [2.05, 4.69) is 4.90 Å². The van der Waals surface area contributed by atoms with Crippen LogP contribution < -0.4 is 5.73 Å². The molecular formula is C13H23N3O2S. The Morgan fingerprint density at radius 2 is 1.95 bits per heavy atom. The number of aliphatic hydroxyl groups excluding tert-OH is 1. The van der Waals surface area contributed by atoms with Crippen LogP contribution in [0, 0.1) is 5.41 Å². The van der Waals surface area contributed by atoms with Crippen molar-refractivity contribution in [3.8, 4) is 0 Å². The van der Waals surface area contributed by atoms with Gasteiger partial charge in [0.2, 0.25) is 5.91 Å². The molecule has 1 aliphatic heterocycles. The van der Waals surface area contributed by atoms with Crippen LogP contribution in [0.25, 0.3) is 0 Å². The normalized spacial score (nSPS) is 23.5. The van der Waals surface area contributed by atoms with Gasteiger partial charge in [-0.1, -0.05) is 18.6 Å². The second-order valence-corrected chi connectivity index (χ2v) is 5.95. The van der Waals surface area contributed by atoms with Gasteiger partial charge < -0.3 is 15.7 Å². The molecule has 0 aromatic heterocycles. The molecule has 1 amide bonds. The Morgan fingerprint density at radius 3 is 2.47 bits per heavy atom. The van der Waals surface area contributed by atoms with Gasteiger partial charge in [-0.25, -0.2) is 0 Å². The number of amides is 1. The summed E-state index contributed by atoms with van der Waals surface area (Å²) < 4.78 is 0. The lowest BCUT2D eigenvalue weighted by molar-refractivity contribution is -0.141. The van der Waals surface area contributed by atoms with Crippen LogP contribution in [0.4, 0.5) is 0 Å². The first-order valence-electron chi connectivity index (χ1n) is 7.03. The van der Waals surface area contributed by atoms with Gasteiger partial charge in [0.15, 0.2) is 0 Å². The number of hydrogen-bond donors (Lipinski definition) is 2. The molecule has 2 fully saturated rings. The third kappa shape index (κ3) is 2.90. The predicted molar refractivity (Wildman–Crippen MR) is 77.8 cm³/mol. The summed E-state index contributed by atoms with van der Waals surface area (Å²) in [7, 11) is 0. The van der Waals surface area contributed by atoms with E-state index in [0.29, 0.717) is 18.1 Å². The maximum atomic E-state index is 12.7. The van der Waals surface area contributed by atoms with Crippen molar-refractivity contribution < 1.29 is 9.90 Å². The van der Waals surface area contributed by atoms with Crippen LogP contribution in [0.15, 0.2) is 0 Å². The molecule has 0 atom stereocenters. The lowest BCUT2D eigenvalue weighted by Crippen LogP contribution is -2.55. The van der Waals surface area contributed by atoms with Crippen molar-refractivity contribution in [3.05, 3.63) is 0 Å². The van der Waals surface area contributed by atoms with Crippen LogP contribution in [-0.4, -0.2) is 65.1 Å². The number of carbonyl (C=O) groups excluding carboxylic acids is 1. The average Bonchev–Trinajstić information content (AvgIpc) is 2.53. The topological polar surface area (TPSA) is 69.8 Å². The highest BCUT2D eigenvalue weighted by Gasteiger charge is 2.48. The number of aliphatic hydroxyl groups is 1. The molecule has 1 saturated heterocycles. The SMILES string of the molecule is NC(=S)C1(C(=O)N2CCCN(CCO)CC2)CCC1. The molecule has 3 N–H and O–H groups in total. The molecule has 108 valence electrons. The average molecular weight is 285 g/mol. The van der Waals surface area contributed by atoms with Crippen molar-refractivity contribution in [1.82, 2.24) is 9.80 Å². The van der Waals surface area contributed by atoms with E-state index in [-0.39, 0.29) is 12.5 Å². The van der Waals surface area contributed by atoms with Crippen molar-refractivity contribution in [2.45, 2.75) is 25.7 Å². The molecule has 0 aromatic carbocycles. The molecular weight excluding hydrogens is 262 g/mol.